The molecular weight excluding hydrogens is 363 g/mol. The molecule has 4 aliphatic carbocycles. The molecule has 0 bridgehead atoms. The van der Waals surface area contributed by atoms with Crippen LogP contribution in [0.2, 0.25) is 0 Å². The number of esters is 1. The fraction of sp³-hybridized carbons (Fsp3) is 0.636. The number of hydrogen-bond acceptors (Lipinski definition) is 4. The van der Waals surface area contributed by atoms with Crippen molar-refractivity contribution in [2.24, 2.45) is 22.7 Å². The van der Waals surface area contributed by atoms with Crippen molar-refractivity contribution in [3.63, 3.8) is 0 Å². The van der Waals surface area contributed by atoms with Crippen LogP contribution in [0.1, 0.15) is 46.0 Å². The molecule has 0 amide bonds. The van der Waals surface area contributed by atoms with Crippen molar-refractivity contribution >= 4 is 23.5 Å². The van der Waals surface area contributed by atoms with Crippen LogP contribution in [0.25, 0.3) is 0 Å². The van der Waals surface area contributed by atoms with Crippen molar-refractivity contribution in [1.82, 2.24) is 0 Å². The van der Waals surface area contributed by atoms with Crippen LogP contribution in [0.15, 0.2) is 34.8 Å². The van der Waals surface area contributed by atoms with Crippen molar-refractivity contribution < 1.29 is 18.7 Å². The second kappa shape index (κ2) is 6.33. The highest BCUT2D eigenvalue weighted by atomic mass is 32.2. The summed E-state index contributed by atoms with van der Waals surface area (Å²) in [5.74, 6) is -0.260. The van der Waals surface area contributed by atoms with Crippen LogP contribution in [-0.4, -0.2) is 30.3 Å². The number of alkyl halides is 1. The number of fused-ring (bicyclic) bond motifs is 5. The predicted octanol–water partition coefficient (Wildman–Crippen LogP) is 4.79. The van der Waals surface area contributed by atoms with Gasteiger partial charge in [0.2, 0.25) is 0 Å². The van der Waals surface area contributed by atoms with E-state index in [-0.39, 0.29) is 29.0 Å². The van der Waals surface area contributed by atoms with Gasteiger partial charge in [0.25, 0.3) is 0 Å². The van der Waals surface area contributed by atoms with E-state index in [0.717, 1.165) is 24.8 Å². The van der Waals surface area contributed by atoms with Crippen molar-refractivity contribution in [3.8, 4) is 0 Å². The van der Waals surface area contributed by atoms with Crippen LogP contribution in [-0.2, 0) is 14.3 Å². The smallest absolute Gasteiger partial charge is 0.302 e. The molecule has 3 nitrogen and oxygen atoms in total. The van der Waals surface area contributed by atoms with E-state index in [4.69, 9.17) is 4.74 Å². The summed E-state index contributed by atoms with van der Waals surface area (Å²) in [7, 11) is 0. The van der Waals surface area contributed by atoms with E-state index in [9.17, 15) is 9.59 Å². The zero-order valence-corrected chi connectivity index (χ0v) is 17.0. The predicted molar refractivity (Wildman–Crippen MR) is 105 cm³/mol. The van der Waals surface area contributed by atoms with Gasteiger partial charge in [-0.15, -0.1) is 11.8 Å². The number of rotatable bonds is 3. The minimum atomic E-state index is -1.36. The lowest BCUT2D eigenvalue weighted by Gasteiger charge is -2.60. The van der Waals surface area contributed by atoms with Gasteiger partial charge in [-0.2, -0.15) is 0 Å². The highest BCUT2D eigenvalue weighted by molar-refractivity contribution is 8.02. The Kier molecular flexibility index (Phi) is 4.45. The normalized spacial score (nSPS) is 42.6. The summed E-state index contributed by atoms with van der Waals surface area (Å²) in [6.45, 7) is 3.75. The molecule has 4 rings (SSSR count). The molecule has 146 valence electrons. The topological polar surface area (TPSA) is 43.4 Å². The molecule has 0 saturated heterocycles. The maximum Gasteiger partial charge on any atom is 0.302 e. The highest BCUT2D eigenvalue weighted by Crippen LogP contribution is 2.68. The number of carbonyl (C=O) groups is 2. The number of carbonyl (C=O) groups excluding carboxylic acids is 2. The molecule has 0 unspecified atom stereocenters. The standard InChI is InChI=1S/C22H27FO3S/c1-14(24)26-13-21-10-11-22(23)18(17(21)6-7-19(21)27-3)5-4-15-12-16(25)8-9-20(15,22)2/h7-9,12,17-18H,4-6,10-11,13H2,1-3H3/t17-,18-,20-,21+,22+/m0/s1. The van der Waals surface area contributed by atoms with E-state index in [1.165, 1.54) is 17.9 Å². The molecule has 4 aliphatic rings. The molecule has 0 heterocycles. The van der Waals surface area contributed by atoms with E-state index in [0.29, 0.717) is 19.4 Å². The monoisotopic (exact) mass is 390 g/mol. The number of halogens is 1. The Hall–Kier alpha value is -1.36. The first kappa shape index (κ1) is 19.0. The molecule has 2 saturated carbocycles. The third-order valence-corrected chi connectivity index (χ3v) is 8.68. The first-order chi connectivity index (χ1) is 12.8. The van der Waals surface area contributed by atoms with E-state index < -0.39 is 11.1 Å². The summed E-state index contributed by atoms with van der Waals surface area (Å²) in [5.41, 5.74) is -1.38. The van der Waals surface area contributed by atoms with Gasteiger partial charge in [-0.1, -0.05) is 17.7 Å². The molecule has 0 N–H and O–H groups in total. The fourth-order valence-electron chi connectivity index (χ4n) is 6.23. The average molecular weight is 391 g/mol. The summed E-state index contributed by atoms with van der Waals surface area (Å²) in [5, 5.41) is 0. The van der Waals surface area contributed by atoms with Crippen LogP contribution in [0.3, 0.4) is 0 Å². The fourth-order valence-corrected chi connectivity index (χ4v) is 7.21. The molecule has 0 aromatic carbocycles. The van der Waals surface area contributed by atoms with Gasteiger partial charge in [0.15, 0.2) is 5.78 Å². The van der Waals surface area contributed by atoms with E-state index in [2.05, 4.69) is 12.3 Å². The quantitative estimate of drug-likeness (QED) is 0.650. The molecule has 2 fully saturated rings. The van der Waals surface area contributed by atoms with Gasteiger partial charge in [-0.25, -0.2) is 4.39 Å². The molecule has 5 atom stereocenters. The molecule has 0 aliphatic heterocycles. The molecule has 0 aromatic rings. The second-order valence-corrected chi connectivity index (χ2v) is 9.51. The summed E-state index contributed by atoms with van der Waals surface area (Å²) < 4.78 is 22.3. The van der Waals surface area contributed by atoms with Crippen molar-refractivity contribution in [1.29, 1.82) is 0 Å². The Morgan fingerprint density at radius 3 is 2.85 bits per heavy atom. The Bertz CT molecular complexity index is 784. The lowest BCUT2D eigenvalue weighted by atomic mass is 9.46. The van der Waals surface area contributed by atoms with Gasteiger partial charge in [0.1, 0.15) is 12.3 Å². The van der Waals surface area contributed by atoms with Gasteiger partial charge in [0, 0.05) is 17.8 Å². The van der Waals surface area contributed by atoms with Gasteiger partial charge >= 0.3 is 5.97 Å². The molecule has 0 spiro atoms. The summed E-state index contributed by atoms with van der Waals surface area (Å²) in [6, 6.07) is 0. The number of allylic oxidation sites excluding steroid dienone is 5. The Morgan fingerprint density at radius 2 is 2.15 bits per heavy atom. The summed E-state index contributed by atoms with van der Waals surface area (Å²) in [6.07, 6.45) is 12.7. The second-order valence-electron chi connectivity index (χ2n) is 8.67. The third kappa shape index (κ3) is 2.53. The Labute approximate surface area is 164 Å². The van der Waals surface area contributed by atoms with Gasteiger partial charge in [-0.3, -0.25) is 9.59 Å². The molecular formula is C22H27FO3S. The number of ether oxygens (including phenoxy) is 1. The zero-order chi connectivity index (χ0) is 19.4. The SMILES string of the molecule is CSC1=CC[C@H]2[C@@H]3CCC4=CC(=O)C=C[C@]4(C)[C@@]3(F)CC[C@]12COC(C)=O. The zero-order valence-electron chi connectivity index (χ0n) is 16.2. The summed E-state index contributed by atoms with van der Waals surface area (Å²) in [4.78, 5) is 24.6. The van der Waals surface area contributed by atoms with E-state index in [1.807, 2.05) is 13.0 Å². The molecule has 5 heteroatoms. The van der Waals surface area contributed by atoms with Crippen molar-refractivity contribution in [2.45, 2.75) is 51.6 Å². The lowest BCUT2D eigenvalue weighted by Crippen LogP contribution is -2.60. The van der Waals surface area contributed by atoms with Gasteiger partial charge < -0.3 is 4.74 Å². The number of hydrogen-bond donors (Lipinski definition) is 0. The van der Waals surface area contributed by atoms with Crippen LogP contribution in [0, 0.1) is 22.7 Å². The van der Waals surface area contributed by atoms with Crippen LogP contribution in [0.4, 0.5) is 4.39 Å². The first-order valence-corrected chi connectivity index (χ1v) is 11.0. The maximum absolute atomic E-state index is 16.8. The maximum atomic E-state index is 16.8. The van der Waals surface area contributed by atoms with Crippen molar-refractivity contribution in [3.05, 3.63) is 34.8 Å². The van der Waals surface area contributed by atoms with Crippen molar-refractivity contribution in [2.75, 3.05) is 12.9 Å². The minimum absolute atomic E-state index is 0.0308. The van der Waals surface area contributed by atoms with Crippen LogP contribution < -0.4 is 0 Å². The van der Waals surface area contributed by atoms with E-state index in [1.54, 1.807) is 17.8 Å². The minimum Gasteiger partial charge on any atom is -0.465 e. The molecule has 0 radical (unpaired) electrons. The third-order valence-electron chi connectivity index (χ3n) is 7.67. The summed E-state index contributed by atoms with van der Waals surface area (Å²) >= 11 is 1.71. The van der Waals surface area contributed by atoms with Gasteiger partial charge in [0.05, 0.1) is 0 Å². The Morgan fingerprint density at radius 1 is 1.37 bits per heavy atom. The first-order valence-electron chi connectivity index (χ1n) is 9.78. The highest BCUT2D eigenvalue weighted by Gasteiger charge is 2.66. The Balaban J connectivity index is 1.72. The largest absolute Gasteiger partial charge is 0.465 e. The molecule has 0 aromatic heterocycles. The lowest BCUT2D eigenvalue weighted by molar-refractivity contribution is -0.154. The van der Waals surface area contributed by atoms with E-state index >= 15 is 4.39 Å². The van der Waals surface area contributed by atoms with Crippen LogP contribution in [0.5, 0.6) is 0 Å². The average Bonchev–Trinajstić information content (AvgIpc) is 3.00. The van der Waals surface area contributed by atoms with Crippen LogP contribution >= 0.6 is 11.8 Å². The number of ketones is 1. The number of thioether (sulfide) groups is 1. The molecule has 27 heavy (non-hydrogen) atoms. The van der Waals surface area contributed by atoms with Gasteiger partial charge in [-0.05, 0) is 74.2 Å².